The lowest BCUT2D eigenvalue weighted by Crippen LogP contribution is -2.35. The van der Waals surface area contributed by atoms with Crippen LogP contribution in [0.2, 0.25) is 5.02 Å². The van der Waals surface area contributed by atoms with Crippen LogP contribution in [0, 0.1) is 0 Å². The van der Waals surface area contributed by atoms with Crippen molar-refractivity contribution in [2.24, 2.45) is 7.05 Å². The average Bonchev–Trinajstić information content (AvgIpc) is 2.73. The van der Waals surface area contributed by atoms with E-state index in [2.05, 4.69) is 9.97 Å². The molecule has 1 fully saturated rings. The molecule has 108 valence electrons. The lowest BCUT2D eigenvalue weighted by molar-refractivity contribution is -0.0888. The van der Waals surface area contributed by atoms with E-state index < -0.39 is 5.92 Å². The van der Waals surface area contributed by atoms with E-state index in [1.165, 1.54) is 0 Å². The van der Waals surface area contributed by atoms with Gasteiger partial charge in [0.15, 0.2) is 0 Å². The third-order valence-corrected chi connectivity index (χ3v) is 4.39. The number of imidazole rings is 1. The SMILES string of the molecule is Cn1c(C2CC(F)(F)C2)nc2cnc3ccc(Cl)cc3c21. The molecule has 6 heteroatoms. The molecule has 2 aromatic heterocycles. The van der Waals surface area contributed by atoms with Crippen molar-refractivity contribution in [3.8, 4) is 0 Å². The van der Waals surface area contributed by atoms with Gasteiger partial charge in [-0.3, -0.25) is 4.98 Å². The molecular weight excluding hydrogens is 296 g/mol. The van der Waals surface area contributed by atoms with E-state index in [1.807, 2.05) is 23.7 Å². The van der Waals surface area contributed by atoms with Crippen molar-refractivity contribution < 1.29 is 8.78 Å². The molecule has 4 rings (SSSR count). The molecule has 1 aliphatic carbocycles. The molecular formula is C15H12ClF2N3. The van der Waals surface area contributed by atoms with Crippen molar-refractivity contribution >= 4 is 33.5 Å². The topological polar surface area (TPSA) is 30.7 Å². The lowest BCUT2D eigenvalue weighted by Gasteiger charge is -2.34. The number of rotatable bonds is 1. The van der Waals surface area contributed by atoms with E-state index in [0.29, 0.717) is 10.8 Å². The first-order chi connectivity index (χ1) is 9.94. The van der Waals surface area contributed by atoms with Crippen LogP contribution in [0.15, 0.2) is 24.4 Å². The number of hydrogen-bond donors (Lipinski definition) is 0. The minimum absolute atomic E-state index is 0.129. The molecule has 0 aliphatic heterocycles. The van der Waals surface area contributed by atoms with Crippen molar-refractivity contribution in [2.45, 2.75) is 24.7 Å². The molecule has 2 heterocycles. The summed E-state index contributed by atoms with van der Waals surface area (Å²) in [5.74, 6) is -2.04. The summed E-state index contributed by atoms with van der Waals surface area (Å²) < 4.78 is 28.1. The largest absolute Gasteiger partial charge is 0.330 e. The monoisotopic (exact) mass is 307 g/mol. The van der Waals surface area contributed by atoms with Crippen molar-refractivity contribution in [2.75, 3.05) is 0 Å². The van der Waals surface area contributed by atoms with E-state index in [-0.39, 0.29) is 18.8 Å². The van der Waals surface area contributed by atoms with Crippen LogP contribution in [0.1, 0.15) is 24.6 Å². The molecule has 0 atom stereocenters. The number of fused-ring (bicyclic) bond motifs is 3. The van der Waals surface area contributed by atoms with Crippen LogP contribution in [-0.4, -0.2) is 20.5 Å². The highest BCUT2D eigenvalue weighted by atomic mass is 35.5. The minimum Gasteiger partial charge on any atom is -0.330 e. The first-order valence-corrected chi connectivity index (χ1v) is 7.11. The van der Waals surface area contributed by atoms with Gasteiger partial charge in [-0.05, 0) is 18.2 Å². The second-order valence-electron chi connectivity index (χ2n) is 5.64. The van der Waals surface area contributed by atoms with Gasteiger partial charge in [-0.25, -0.2) is 13.8 Å². The standard InChI is InChI=1S/C15H12ClF2N3/c1-21-13-10-4-9(16)2-3-11(10)19-7-12(13)20-14(21)8-5-15(17,18)6-8/h2-4,7-8H,5-6H2,1H3. The normalized spacial score (nSPS) is 18.3. The number of nitrogens with zero attached hydrogens (tertiary/aromatic N) is 3. The minimum atomic E-state index is -2.55. The van der Waals surface area contributed by atoms with Gasteiger partial charge in [-0.1, -0.05) is 11.6 Å². The van der Waals surface area contributed by atoms with Gasteiger partial charge in [-0.2, -0.15) is 0 Å². The van der Waals surface area contributed by atoms with Crippen molar-refractivity contribution in [3.05, 3.63) is 35.2 Å². The van der Waals surface area contributed by atoms with Crippen LogP contribution in [0.4, 0.5) is 8.78 Å². The van der Waals surface area contributed by atoms with Gasteiger partial charge in [0.05, 0.1) is 17.2 Å². The van der Waals surface area contributed by atoms with Crippen molar-refractivity contribution in [3.63, 3.8) is 0 Å². The van der Waals surface area contributed by atoms with Crippen LogP contribution in [0.5, 0.6) is 0 Å². The van der Waals surface area contributed by atoms with Gasteiger partial charge in [0.2, 0.25) is 5.92 Å². The quantitative estimate of drug-likeness (QED) is 0.671. The molecule has 0 amide bonds. The Morgan fingerprint density at radius 2 is 2.05 bits per heavy atom. The maximum absolute atomic E-state index is 13.1. The number of aryl methyl sites for hydroxylation is 1. The van der Waals surface area contributed by atoms with E-state index in [9.17, 15) is 8.78 Å². The van der Waals surface area contributed by atoms with Gasteiger partial charge in [0, 0.05) is 36.2 Å². The smallest absolute Gasteiger partial charge is 0.249 e. The van der Waals surface area contributed by atoms with Gasteiger partial charge in [0.1, 0.15) is 11.3 Å². The van der Waals surface area contributed by atoms with E-state index in [0.717, 1.165) is 21.9 Å². The Morgan fingerprint density at radius 1 is 1.29 bits per heavy atom. The molecule has 3 nitrogen and oxygen atoms in total. The highest BCUT2D eigenvalue weighted by Crippen LogP contribution is 2.48. The summed E-state index contributed by atoms with van der Waals surface area (Å²) in [5, 5.41) is 1.52. The zero-order valence-electron chi connectivity index (χ0n) is 11.3. The molecule has 0 radical (unpaired) electrons. The number of pyridine rings is 1. The highest BCUT2D eigenvalue weighted by molar-refractivity contribution is 6.31. The molecule has 0 N–H and O–H groups in total. The van der Waals surface area contributed by atoms with Gasteiger partial charge in [0.25, 0.3) is 0 Å². The maximum atomic E-state index is 13.1. The molecule has 0 bridgehead atoms. The zero-order chi connectivity index (χ0) is 14.8. The summed E-state index contributed by atoms with van der Waals surface area (Å²) in [5.41, 5.74) is 2.44. The molecule has 1 aliphatic rings. The predicted octanol–water partition coefficient (Wildman–Crippen LogP) is 4.29. The fraction of sp³-hybridized carbons (Fsp3) is 0.333. The van der Waals surface area contributed by atoms with Gasteiger partial charge < -0.3 is 4.57 Å². The number of benzene rings is 1. The van der Waals surface area contributed by atoms with Crippen LogP contribution < -0.4 is 0 Å². The number of alkyl halides is 2. The van der Waals surface area contributed by atoms with Crippen molar-refractivity contribution in [1.29, 1.82) is 0 Å². The second kappa shape index (κ2) is 4.13. The summed E-state index contributed by atoms with van der Waals surface area (Å²) in [7, 11) is 1.86. The fourth-order valence-electron chi connectivity index (χ4n) is 3.10. The summed E-state index contributed by atoms with van der Waals surface area (Å²) in [6.45, 7) is 0. The van der Waals surface area contributed by atoms with Crippen LogP contribution in [0.25, 0.3) is 21.9 Å². The Kier molecular flexibility index (Phi) is 2.55. The Labute approximate surface area is 124 Å². The third-order valence-electron chi connectivity index (χ3n) is 4.15. The summed E-state index contributed by atoms with van der Waals surface area (Å²) in [6, 6.07) is 5.47. The number of aromatic nitrogens is 3. The van der Waals surface area contributed by atoms with Crippen LogP contribution in [-0.2, 0) is 7.05 Å². The van der Waals surface area contributed by atoms with E-state index >= 15 is 0 Å². The second-order valence-corrected chi connectivity index (χ2v) is 6.08. The maximum Gasteiger partial charge on any atom is 0.249 e. The Bertz CT molecular complexity index is 864. The van der Waals surface area contributed by atoms with Crippen LogP contribution in [0.3, 0.4) is 0 Å². The average molecular weight is 308 g/mol. The van der Waals surface area contributed by atoms with E-state index in [4.69, 9.17) is 11.6 Å². The lowest BCUT2D eigenvalue weighted by atomic mass is 9.81. The molecule has 21 heavy (non-hydrogen) atoms. The molecule has 1 saturated carbocycles. The fourth-order valence-corrected chi connectivity index (χ4v) is 3.27. The summed E-state index contributed by atoms with van der Waals surface area (Å²) in [6.07, 6.45) is 1.43. The van der Waals surface area contributed by atoms with Crippen LogP contribution >= 0.6 is 11.6 Å². The Hall–Kier alpha value is -1.75. The molecule has 1 aromatic carbocycles. The molecule has 0 saturated heterocycles. The summed E-state index contributed by atoms with van der Waals surface area (Å²) >= 11 is 6.06. The van der Waals surface area contributed by atoms with Gasteiger partial charge in [-0.15, -0.1) is 0 Å². The highest BCUT2D eigenvalue weighted by Gasteiger charge is 2.47. The van der Waals surface area contributed by atoms with Gasteiger partial charge >= 0.3 is 0 Å². The number of halogens is 3. The summed E-state index contributed by atoms with van der Waals surface area (Å²) in [4.78, 5) is 8.86. The first-order valence-electron chi connectivity index (χ1n) is 6.73. The van der Waals surface area contributed by atoms with Crippen molar-refractivity contribution in [1.82, 2.24) is 14.5 Å². The third kappa shape index (κ3) is 1.91. The Morgan fingerprint density at radius 3 is 2.76 bits per heavy atom. The zero-order valence-corrected chi connectivity index (χ0v) is 12.0. The molecule has 0 unspecified atom stereocenters. The Balaban J connectivity index is 1.94. The first kappa shape index (κ1) is 13.0. The molecule has 0 spiro atoms. The van der Waals surface area contributed by atoms with E-state index in [1.54, 1.807) is 12.3 Å². The molecule has 3 aromatic rings. The predicted molar refractivity (Wildman–Crippen MR) is 77.9 cm³/mol. The number of hydrogen-bond acceptors (Lipinski definition) is 2.